The molecule has 0 amide bonds. The van der Waals surface area contributed by atoms with Crippen molar-refractivity contribution in [2.75, 3.05) is 13.1 Å². The summed E-state index contributed by atoms with van der Waals surface area (Å²) in [5.74, 6) is -6.50. The zero-order valence-corrected chi connectivity index (χ0v) is 34.5. The van der Waals surface area contributed by atoms with Gasteiger partial charge in [0, 0.05) is 48.9 Å². The normalized spacial score (nSPS) is 5.29. The summed E-state index contributed by atoms with van der Waals surface area (Å²) in [6.45, 7) is 7.03. The first-order chi connectivity index (χ1) is 12.3. The second kappa shape index (κ2) is 83.4. The van der Waals surface area contributed by atoms with Gasteiger partial charge in [0.15, 0.2) is 0 Å². The maximum absolute atomic E-state index is 8.89. The number of hydrogen-bond donors (Lipinski definition) is 2. The Hall–Kier alpha value is 2.74. The molecule has 0 radical (unpaired) electrons. The van der Waals surface area contributed by atoms with Crippen LogP contribution in [0.3, 0.4) is 0 Å². The van der Waals surface area contributed by atoms with E-state index in [9.17, 15) is 0 Å². The van der Waals surface area contributed by atoms with Crippen LogP contribution in [0.4, 0.5) is 0 Å². The first-order valence-electron chi connectivity index (χ1n) is 6.77. The van der Waals surface area contributed by atoms with Crippen LogP contribution in [0.25, 0.3) is 0 Å². The average Bonchev–Trinajstić information content (AvgIpc) is 2.34. The predicted octanol–water partition coefficient (Wildman–Crippen LogP) is -26.5. The number of carbonyl (C=O) groups is 6. The van der Waals surface area contributed by atoms with E-state index in [-0.39, 0.29) is 177 Å². The van der Waals surface area contributed by atoms with Crippen molar-refractivity contribution in [2.24, 2.45) is 11.5 Å². The first-order valence-corrected chi connectivity index (χ1v) is 6.77. The van der Waals surface area contributed by atoms with Crippen molar-refractivity contribution < 1.29 is 237 Å². The minimum atomic E-state index is -1.08. The second-order valence-electron chi connectivity index (χ2n) is 3.53. The third kappa shape index (κ3) is 2830. The Balaban J connectivity index is -0.0000000134. The standard InChI is InChI=1S/C2H8N2.6C2H4O2.6Na/c3-1-2-4;6*1-2(3)4;;;;;;/h1-4H2;6*1H3,(H,3,4);;;;;;/q;;;;;;;6*+1/p-6. The van der Waals surface area contributed by atoms with Crippen LogP contribution >= 0.6 is 0 Å². The Morgan fingerprint density at radius 1 is 0.382 bits per heavy atom. The van der Waals surface area contributed by atoms with Gasteiger partial charge in [0.05, 0.1) is 0 Å². The minimum Gasteiger partial charge on any atom is -0.550 e. The molecule has 0 unspecified atom stereocenters. The van der Waals surface area contributed by atoms with Crippen LogP contribution in [0, 0.1) is 0 Å². The Labute approximate surface area is 332 Å². The van der Waals surface area contributed by atoms with E-state index < -0.39 is 35.8 Å². The Bertz CT molecular complexity index is 315. The van der Waals surface area contributed by atoms with Crippen LogP contribution < -0.4 is 219 Å². The third-order valence-corrected chi connectivity index (χ3v) is 0.167. The summed E-state index contributed by atoms with van der Waals surface area (Å²) >= 11 is 0. The third-order valence-electron chi connectivity index (χ3n) is 0.167. The summed E-state index contributed by atoms with van der Waals surface area (Å²) < 4.78 is 0. The van der Waals surface area contributed by atoms with Crippen molar-refractivity contribution >= 4 is 35.8 Å². The zero-order valence-electron chi connectivity index (χ0n) is 22.5. The van der Waals surface area contributed by atoms with Gasteiger partial charge in [0.25, 0.3) is 0 Å². The largest absolute Gasteiger partial charge is 1.00 e. The van der Waals surface area contributed by atoms with Gasteiger partial charge < -0.3 is 70.9 Å². The molecule has 0 rings (SSSR count). The van der Waals surface area contributed by atoms with E-state index in [1.807, 2.05) is 0 Å². The molecule has 0 heterocycles. The molecule has 0 aromatic carbocycles. The number of carboxylic acid groups (broad SMARTS) is 6. The van der Waals surface area contributed by atoms with Gasteiger partial charge in [-0.1, -0.05) is 0 Å². The van der Waals surface area contributed by atoms with Crippen molar-refractivity contribution in [2.45, 2.75) is 41.5 Å². The number of aliphatic carboxylic acids is 6. The van der Waals surface area contributed by atoms with Crippen LogP contribution in [0.2, 0.25) is 0 Å². The monoisotopic (exact) mass is 552 g/mol. The second-order valence-corrected chi connectivity index (χ2v) is 3.53. The van der Waals surface area contributed by atoms with Crippen LogP contribution in [-0.4, -0.2) is 48.9 Å². The SMILES string of the molecule is CC(=O)[O-].CC(=O)[O-].CC(=O)[O-].CC(=O)[O-].CC(=O)[O-].CC(=O)[O-].NCCN.[Na+].[Na+].[Na+].[Na+].[Na+].[Na+]. The van der Waals surface area contributed by atoms with Crippen molar-refractivity contribution in [1.29, 1.82) is 0 Å². The van der Waals surface area contributed by atoms with Crippen molar-refractivity contribution in [3.05, 3.63) is 0 Å². The van der Waals surface area contributed by atoms with E-state index >= 15 is 0 Å². The Kier molecular flexibility index (Phi) is 204. The molecule has 0 aromatic rings. The molecule has 0 saturated carbocycles. The Morgan fingerprint density at radius 3 is 0.412 bits per heavy atom. The number of carboxylic acids is 6. The molecule has 0 fully saturated rings. The molecule has 0 aliphatic heterocycles. The first kappa shape index (κ1) is 83.3. The average molecular weight is 552 g/mol. The molecule has 14 nitrogen and oxygen atoms in total. The van der Waals surface area contributed by atoms with Crippen LogP contribution in [0.1, 0.15) is 41.5 Å². The maximum atomic E-state index is 8.89. The predicted molar refractivity (Wildman–Crippen MR) is 82.2 cm³/mol. The topological polar surface area (TPSA) is 293 Å². The van der Waals surface area contributed by atoms with Crippen LogP contribution in [0.15, 0.2) is 0 Å². The Morgan fingerprint density at radius 2 is 0.412 bits per heavy atom. The van der Waals surface area contributed by atoms with E-state index in [4.69, 9.17) is 70.9 Å². The van der Waals surface area contributed by atoms with E-state index in [0.717, 1.165) is 41.5 Å². The molecule has 0 spiro atoms. The number of hydrogen-bond acceptors (Lipinski definition) is 14. The van der Waals surface area contributed by atoms with Crippen molar-refractivity contribution in [1.82, 2.24) is 0 Å². The molecule has 0 saturated heterocycles. The van der Waals surface area contributed by atoms with Gasteiger partial charge in [-0.15, -0.1) is 0 Å². The van der Waals surface area contributed by atoms with E-state index in [1.165, 1.54) is 0 Å². The van der Waals surface area contributed by atoms with E-state index in [1.54, 1.807) is 0 Å². The zero-order chi connectivity index (χ0) is 24.9. The van der Waals surface area contributed by atoms with Gasteiger partial charge in [-0.2, -0.15) is 0 Å². The molecule has 4 N–H and O–H groups in total. The molecule has 34 heavy (non-hydrogen) atoms. The van der Waals surface area contributed by atoms with Crippen molar-refractivity contribution in [3.63, 3.8) is 0 Å². The quantitative estimate of drug-likeness (QED) is 0.286. The number of carbonyl (C=O) groups excluding carboxylic acids is 6. The van der Waals surface area contributed by atoms with Gasteiger partial charge in [-0.25, -0.2) is 0 Å². The minimum absolute atomic E-state index is 0. The van der Waals surface area contributed by atoms with Gasteiger partial charge >= 0.3 is 177 Å². The van der Waals surface area contributed by atoms with Crippen molar-refractivity contribution in [3.8, 4) is 0 Å². The molecule has 0 aliphatic rings. The van der Waals surface area contributed by atoms with Crippen LogP contribution in [0.5, 0.6) is 0 Å². The molecule has 20 heteroatoms. The number of nitrogens with two attached hydrogens (primary N) is 2. The molecular weight excluding hydrogens is 526 g/mol. The molecule has 0 aliphatic carbocycles. The summed E-state index contributed by atoms with van der Waals surface area (Å²) in [4.78, 5) is 53.3. The summed E-state index contributed by atoms with van der Waals surface area (Å²) in [7, 11) is 0. The molecule has 0 bridgehead atoms. The van der Waals surface area contributed by atoms with Gasteiger partial charge in [0.2, 0.25) is 0 Å². The van der Waals surface area contributed by atoms with E-state index in [2.05, 4.69) is 0 Å². The fraction of sp³-hybridized carbons (Fsp3) is 0.571. The number of rotatable bonds is 1. The molecular formula is C14H26N2Na6O12. The molecule has 170 valence electrons. The summed E-state index contributed by atoms with van der Waals surface area (Å²) in [6, 6.07) is 0. The fourth-order valence-electron chi connectivity index (χ4n) is 0. The summed E-state index contributed by atoms with van der Waals surface area (Å²) in [6.07, 6.45) is 0. The fourth-order valence-corrected chi connectivity index (χ4v) is 0. The van der Waals surface area contributed by atoms with Gasteiger partial charge in [-0.3, -0.25) is 0 Å². The van der Waals surface area contributed by atoms with Gasteiger partial charge in [0.1, 0.15) is 0 Å². The molecule has 0 atom stereocenters. The summed E-state index contributed by atoms with van der Waals surface area (Å²) in [5, 5.41) is 53.3. The van der Waals surface area contributed by atoms with E-state index in [0.29, 0.717) is 13.1 Å². The smallest absolute Gasteiger partial charge is 0.550 e. The maximum Gasteiger partial charge on any atom is 1.00 e. The van der Waals surface area contributed by atoms with Gasteiger partial charge in [-0.05, 0) is 41.5 Å². The van der Waals surface area contributed by atoms with Crippen LogP contribution in [-0.2, 0) is 28.8 Å². The summed E-state index contributed by atoms with van der Waals surface area (Å²) in [5.41, 5.74) is 9.81. The molecule has 0 aromatic heterocycles.